The maximum Gasteiger partial charge on any atom is 0.414 e. The number of carboxylic acids is 2. The van der Waals surface area contributed by atoms with Crippen molar-refractivity contribution in [3.05, 3.63) is 24.2 Å². The summed E-state index contributed by atoms with van der Waals surface area (Å²) in [5.41, 5.74) is 0. The summed E-state index contributed by atoms with van der Waals surface area (Å²) in [7, 11) is 0. The normalized spacial score (nSPS) is 14.9. The van der Waals surface area contributed by atoms with Crippen LogP contribution < -0.4 is 0 Å². The fourth-order valence-electron chi connectivity index (χ4n) is 2.26. The van der Waals surface area contributed by atoms with E-state index in [1.165, 1.54) is 0 Å². The van der Waals surface area contributed by atoms with E-state index in [1.54, 1.807) is 6.26 Å². The van der Waals surface area contributed by atoms with Crippen LogP contribution in [0.2, 0.25) is 0 Å². The van der Waals surface area contributed by atoms with Gasteiger partial charge in [0.15, 0.2) is 0 Å². The van der Waals surface area contributed by atoms with E-state index in [1.807, 2.05) is 17.0 Å². The molecule has 134 valence electrons. The molecule has 0 bridgehead atoms. The molecule has 1 aliphatic rings. The summed E-state index contributed by atoms with van der Waals surface area (Å²) in [6.07, 6.45) is 2.37. The fraction of sp³-hybridized carbons (Fsp3) is 0.562. The molecule has 1 aromatic rings. The number of hydrogen-bond acceptors (Lipinski definition) is 5. The maximum absolute atomic E-state index is 11.9. The van der Waals surface area contributed by atoms with Crippen molar-refractivity contribution < 1.29 is 29.0 Å². The molecule has 1 saturated heterocycles. The number of amides is 1. The van der Waals surface area contributed by atoms with Crippen molar-refractivity contribution in [2.24, 2.45) is 5.92 Å². The molecule has 0 aliphatic carbocycles. The molecule has 2 rings (SSSR count). The van der Waals surface area contributed by atoms with E-state index >= 15 is 0 Å². The van der Waals surface area contributed by atoms with Gasteiger partial charge in [-0.15, -0.1) is 0 Å². The van der Waals surface area contributed by atoms with Crippen molar-refractivity contribution in [3.8, 4) is 0 Å². The summed E-state index contributed by atoms with van der Waals surface area (Å²) in [6, 6.07) is 3.91. The van der Waals surface area contributed by atoms with Crippen molar-refractivity contribution in [1.82, 2.24) is 9.80 Å². The van der Waals surface area contributed by atoms with E-state index < -0.39 is 11.9 Å². The Labute approximate surface area is 140 Å². The second kappa shape index (κ2) is 9.71. The molecule has 8 nitrogen and oxygen atoms in total. The fourth-order valence-corrected chi connectivity index (χ4v) is 2.26. The molecule has 0 radical (unpaired) electrons. The number of hydrogen-bond donors (Lipinski definition) is 2. The molecule has 1 fully saturated rings. The number of carbonyl (C=O) groups is 3. The Morgan fingerprint density at radius 2 is 1.71 bits per heavy atom. The quantitative estimate of drug-likeness (QED) is 0.790. The third-order valence-corrected chi connectivity index (χ3v) is 3.45. The third-order valence-electron chi connectivity index (χ3n) is 3.45. The molecule has 1 amide bonds. The molecule has 2 heterocycles. The van der Waals surface area contributed by atoms with Crippen molar-refractivity contribution >= 4 is 17.8 Å². The first-order valence-corrected chi connectivity index (χ1v) is 7.78. The van der Waals surface area contributed by atoms with Crippen LogP contribution in [-0.2, 0) is 20.9 Å². The first-order valence-electron chi connectivity index (χ1n) is 7.78. The summed E-state index contributed by atoms with van der Waals surface area (Å²) in [4.78, 5) is 34.4. The van der Waals surface area contributed by atoms with Gasteiger partial charge in [0, 0.05) is 32.6 Å². The lowest BCUT2D eigenvalue weighted by Crippen LogP contribution is -2.48. The molecular formula is C16H24N2O6. The van der Waals surface area contributed by atoms with Gasteiger partial charge in [-0.2, -0.15) is 0 Å². The first kappa shape index (κ1) is 19.7. The number of carboxylic acid groups (broad SMARTS) is 2. The first-order chi connectivity index (χ1) is 11.3. The van der Waals surface area contributed by atoms with Gasteiger partial charge in [-0.05, 0) is 18.1 Å². The standard InChI is InChI=1S/C14H22N2O2.C2H2O4/c1-12(2)10-14(17)16-7-5-15(6-8-16)11-13-4-3-9-18-13;3-1(4)2(5)6/h3-4,9,12H,5-8,10-11H2,1-2H3;(H,3,4)(H,5,6). The van der Waals surface area contributed by atoms with Gasteiger partial charge in [0.25, 0.3) is 0 Å². The van der Waals surface area contributed by atoms with Crippen LogP contribution in [0.15, 0.2) is 22.8 Å². The number of aliphatic carboxylic acids is 2. The number of nitrogens with zero attached hydrogens (tertiary/aromatic N) is 2. The lowest BCUT2D eigenvalue weighted by atomic mass is 10.1. The van der Waals surface area contributed by atoms with Crippen LogP contribution in [0, 0.1) is 5.92 Å². The molecule has 24 heavy (non-hydrogen) atoms. The lowest BCUT2D eigenvalue weighted by Gasteiger charge is -2.34. The molecule has 0 saturated carbocycles. The minimum Gasteiger partial charge on any atom is -0.473 e. The zero-order valence-electron chi connectivity index (χ0n) is 14.0. The van der Waals surface area contributed by atoms with Crippen LogP contribution in [-0.4, -0.2) is 64.0 Å². The predicted octanol–water partition coefficient (Wildman–Crippen LogP) is 1.13. The maximum atomic E-state index is 11.9. The van der Waals surface area contributed by atoms with Gasteiger partial charge in [-0.25, -0.2) is 9.59 Å². The summed E-state index contributed by atoms with van der Waals surface area (Å²) >= 11 is 0. The number of rotatable bonds is 4. The highest BCUT2D eigenvalue weighted by Crippen LogP contribution is 2.11. The van der Waals surface area contributed by atoms with Crippen molar-refractivity contribution in [2.45, 2.75) is 26.8 Å². The van der Waals surface area contributed by atoms with E-state index in [0.717, 1.165) is 38.5 Å². The highest BCUT2D eigenvalue weighted by molar-refractivity contribution is 6.27. The van der Waals surface area contributed by atoms with E-state index in [0.29, 0.717) is 18.2 Å². The van der Waals surface area contributed by atoms with Crippen LogP contribution in [0.5, 0.6) is 0 Å². The topological polar surface area (TPSA) is 111 Å². The Balaban J connectivity index is 0.000000413. The van der Waals surface area contributed by atoms with Crippen LogP contribution in [0.3, 0.4) is 0 Å². The lowest BCUT2D eigenvalue weighted by molar-refractivity contribution is -0.159. The Kier molecular flexibility index (Phi) is 7.97. The van der Waals surface area contributed by atoms with E-state index in [2.05, 4.69) is 18.7 Å². The molecule has 0 spiro atoms. The highest BCUT2D eigenvalue weighted by atomic mass is 16.4. The van der Waals surface area contributed by atoms with E-state index in [-0.39, 0.29) is 0 Å². The van der Waals surface area contributed by atoms with Crippen molar-refractivity contribution in [3.63, 3.8) is 0 Å². The minimum absolute atomic E-state index is 0.294. The van der Waals surface area contributed by atoms with Gasteiger partial charge >= 0.3 is 11.9 Å². The van der Waals surface area contributed by atoms with E-state index in [9.17, 15) is 4.79 Å². The molecule has 8 heteroatoms. The van der Waals surface area contributed by atoms with Gasteiger partial charge in [-0.3, -0.25) is 9.69 Å². The molecule has 0 atom stereocenters. The third kappa shape index (κ3) is 7.28. The number of carbonyl (C=O) groups excluding carboxylic acids is 1. The molecule has 2 N–H and O–H groups in total. The average Bonchev–Trinajstić information content (AvgIpc) is 3.00. The largest absolute Gasteiger partial charge is 0.473 e. The molecule has 1 aromatic heterocycles. The Morgan fingerprint density at radius 3 is 2.12 bits per heavy atom. The van der Waals surface area contributed by atoms with E-state index in [4.69, 9.17) is 24.2 Å². The zero-order chi connectivity index (χ0) is 18.1. The Hall–Kier alpha value is -2.35. The smallest absolute Gasteiger partial charge is 0.414 e. The molecular weight excluding hydrogens is 316 g/mol. The van der Waals surface area contributed by atoms with Crippen LogP contribution in [0.25, 0.3) is 0 Å². The Bertz CT molecular complexity index is 521. The second-order valence-electron chi connectivity index (χ2n) is 5.94. The molecule has 0 unspecified atom stereocenters. The van der Waals surface area contributed by atoms with Crippen LogP contribution >= 0.6 is 0 Å². The zero-order valence-corrected chi connectivity index (χ0v) is 14.0. The number of furan rings is 1. The monoisotopic (exact) mass is 340 g/mol. The SMILES string of the molecule is CC(C)CC(=O)N1CCN(Cc2ccco2)CC1.O=C(O)C(=O)O. The van der Waals surface area contributed by atoms with Crippen molar-refractivity contribution in [1.29, 1.82) is 0 Å². The number of piperazine rings is 1. The van der Waals surface area contributed by atoms with Gasteiger partial charge in [-0.1, -0.05) is 13.8 Å². The molecule has 1 aliphatic heterocycles. The Morgan fingerprint density at radius 1 is 1.12 bits per heavy atom. The van der Waals surface area contributed by atoms with Crippen molar-refractivity contribution in [2.75, 3.05) is 26.2 Å². The summed E-state index contributed by atoms with van der Waals surface area (Å²) in [5, 5.41) is 14.8. The van der Waals surface area contributed by atoms with Crippen LogP contribution in [0.1, 0.15) is 26.0 Å². The summed E-state index contributed by atoms with van der Waals surface area (Å²) in [5.74, 6) is -1.91. The minimum atomic E-state index is -1.82. The summed E-state index contributed by atoms with van der Waals surface area (Å²) in [6.45, 7) is 8.57. The van der Waals surface area contributed by atoms with Crippen LogP contribution in [0.4, 0.5) is 0 Å². The molecule has 0 aromatic carbocycles. The van der Waals surface area contributed by atoms with Gasteiger partial charge in [0.2, 0.25) is 5.91 Å². The van der Waals surface area contributed by atoms with Gasteiger partial charge in [0.1, 0.15) is 5.76 Å². The highest BCUT2D eigenvalue weighted by Gasteiger charge is 2.21. The summed E-state index contributed by atoms with van der Waals surface area (Å²) < 4.78 is 5.34. The average molecular weight is 340 g/mol. The predicted molar refractivity (Wildman–Crippen MR) is 85.3 cm³/mol. The van der Waals surface area contributed by atoms with Gasteiger partial charge in [0.05, 0.1) is 12.8 Å². The van der Waals surface area contributed by atoms with Gasteiger partial charge < -0.3 is 19.5 Å². The second-order valence-corrected chi connectivity index (χ2v) is 5.94.